The summed E-state index contributed by atoms with van der Waals surface area (Å²) in [6.07, 6.45) is 3.62. The zero-order chi connectivity index (χ0) is 76.2. The average Bonchev–Trinajstić information content (AvgIpc) is 1.67. The average molecular weight is 1610 g/mol. The second-order valence-electron chi connectivity index (χ2n) is 24.5. The van der Waals surface area contributed by atoms with Crippen LogP contribution >= 0.6 is 11.6 Å². The summed E-state index contributed by atoms with van der Waals surface area (Å²) in [5.41, 5.74) is 14.8. The molecule has 4 aromatic carbocycles. The standard InChI is InChI=1S/2C18H14N4O.C17H11ClN4O.C16H12N4O.C12H7F3N4O.5Al/c1-12-5-4-6-13(9-12)15-10-17-20-16(11-18(23)22(17)21-15)14-7-2-3-8-19-14;1-12-5-7-13(8-6-12)15-10-17-20-16(11-18(23)22(17)21-15)14-4-2-3-9-19-14;18-15-16(11-6-2-1-3-7-11)21-22-14(23)10-13(20-17(15)22)12-8-4-5-9-19-12;1-10-14(13-8-4-5-9-17-13)15-18-12-7-3-2-6-11(12)16(21)20(15)19-10;13-12(14,15)9-6-10-17-8(5-11(20)19(10)18-9)7-3-1-2-4-16-7;;;;;/h2*2-11,23H,1H3;1-10,23H;2-9,21H,1H3;1-6,20H;;;;;/q;;;;;5*+3/p-5. The van der Waals surface area contributed by atoms with Crippen molar-refractivity contribution in [2.75, 3.05) is 0 Å². The van der Waals surface area contributed by atoms with Crippen molar-refractivity contribution in [2.24, 2.45) is 0 Å². The molecular formula is C81H53Al5ClF3N20O5+10. The largest absolute Gasteiger partial charge is 3.00 e. The number of aryl methyl sites for hydroxylation is 3. The number of halogens is 4. The van der Waals surface area contributed by atoms with Crippen molar-refractivity contribution in [1.29, 1.82) is 0 Å². The van der Waals surface area contributed by atoms with Crippen LogP contribution in [0.25, 0.3) is 130 Å². The Morgan fingerprint density at radius 1 is 0.322 bits per heavy atom. The van der Waals surface area contributed by atoms with E-state index in [2.05, 4.69) is 75.3 Å². The number of benzene rings is 4. The molecule has 0 spiro atoms. The van der Waals surface area contributed by atoms with Gasteiger partial charge in [0.1, 0.15) is 10.7 Å². The zero-order valence-electron chi connectivity index (χ0n) is 60.8. The van der Waals surface area contributed by atoms with E-state index in [0.29, 0.717) is 88.6 Å². The fourth-order valence-corrected chi connectivity index (χ4v) is 11.9. The van der Waals surface area contributed by atoms with E-state index in [-0.39, 0.29) is 122 Å². The van der Waals surface area contributed by atoms with Crippen LogP contribution in [0.3, 0.4) is 0 Å². The summed E-state index contributed by atoms with van der Waals surface area (Å²) in [7, 11) is 0. The van der Waals surface area contributed by atoms with E-state index in [1.807, 2.05) is 191 Å². The molecule has 15 aromatic heterocycles. The molecule has 115 heavy (non-hydrogen) atoms. The molecule has 0 saturated carbocycles. The van der Waals surface area contributed by atoms with Gasteiger partial charge in [0, 0.05) is 77.1 Å². The van der Waals surface area contributed by atoms with Gasteiger partial charge in [-0.2, -0.15) is 38.7 Å². The molecule has 540 valence electrons. The molecule has 0 radical (unpaired) electrons. The summed E-state index contributed by atoms with van der Waals surface area (Å²) < 4.78 is 43.5. The second kappa shape index (κ2) is 37.1. The van der Waals surface area contributed by atoms with Gasteiger partial charge in [-0.1, -0.05) is 144 Å². The van der Waals surface area contributed by atoms with Crippen LogP contribution in [0.1, 0.15) is 22.5 Å². The molecule has 0 aliphatic heterocycles. The van der Waals surface area contributed by atoms with Crippen LogP contribution in [0.4, 0.5) is 13.2 Å². The van der Waals surface area contributed by atoms with Gasteiger partial charge in [-0.3, -0.25) is 24.9 Å². The van der Waals surface area contributed by atoms with Crippen molar-refractivity contribution in [3.05, 3.63) is 295 Å². The van der Waals surface area contributed by atoms with Crippen LogP contribution in [0.15, 0.2) is 268 Å². The predicted molar refractivity (Wildman–Crippen MR) is 425 cm³/mol. The maximum atomic E-state index is 12.6. The quantitative estimate of drug-likeness (QED) is 0.128. The van der Waals surface area contributed by atoms with Crippen LogP contribution < -0.4 is 25.5 Å². The van der Waals surface area contributed by atoms with Gasteiger partial charge in [0.25, 0.3) is 0 Å². The molecule has 0 aliphatic rings. The van der Waals surface area contributed by atoms with E-state index in [4.69, 9.17) is 11.6 Å². The van der Waals surface area contributed by atoms with E-state index in [9.17, 15) is 38.7 Å². The van der Waals surface area contributed by atoms with Crippen molar-refractivity contribution in [3.63, 3.8) is 0 Å². The number of alkyl halides is 3. The fourth-order valence-electron chi connectivity index (χ4n) is 11.7. The smallest absolute Gasteiger partial charge is 0.858 e. The van der Waals surface area contributed by atoms with Gasteiger partial charge in [-0.15, -0.1) is 0 Å². The van der Waals surface area contributed by atoms with Crippen molar-refractivity contribution in [3.8, 4) is 120 Å². The minimum atomic E-state index is -4.62. The van der Waals surface area contributed by atoms with Gasteiger partial charge in [0.05, 0.1) is 79.4 Å². The van der Waals surface area contributed by atoms with Crippen molar-refractivity contribution >= 4 is 138 Å². The Balaban J connectivity index is 0.000000150. The Bertz CT molecular complexity index is 6550. The Morgan fingerprint density at radius 2 is 0.748 bits per heavy atom. The summed E-state index contributed by atoms with van der Waals surface area (Å²) in [6.45, 7) is 5.92. The van der Waals surface area contributed by atoms with Gasteiger partial charge in [0.2, 0.25) is 0 Å². The predicted octanol–water partition coefficient (Wildman–Crippen LogP) is 11.2. The van der Waals surface area contributed by atoms with E-state index < -0.39 is 17.8 Å². The van der Waals surface area contributed by atoms with Gasteiger partial charge in [0.15, 0.2) is 33.9 Å². The van der Waals surface area contributed by atoms with E-state index in [1.165, 1.54) is 48.0 Å². The molecule has 0 aliphatic carbocycles. The number of para-hydroxylation sites is 1. The summed E-state index contributed by atoms with van der Waals surface area (Å²) in [6, 6.07) is 69.7. The Hall–Kier alpha value is -12.3. The van der Waals surface area contributed by atoms with E-state index in [0.717, 1.165) is 62.7 Å². The third kappa shape index (κ3) is 18.7. The molecular weight excluding hydrogens is 1560 g/mol. The summed E-state index contributed by atoms with van der Waals surface area (Å²) in [4.78, 5) is 43.1. The Labute approximate surface area is 710 Å². The first kappa shape index (κ1) is 85.2. The summed E-state index contributed by atoms with van der Waals surface area (Å²) >= 11 is 6.42. The molecule has 15 heterocycles. The minimum Gasteiger partial charge on any atom is -0.858 e. The monoisotopic (exact) mass is 1610 g/mol. The number of hydrogen-bond acceptors (Lipinski definition) is 20. The summed E-state index contributed by atoms with van der Waals surface area (Å²) in [5, 5.41) is 82.8. The van der Waals surface area contributed by atoms with E-state index >= 15 is 0 Å². The summed E-state index contributed by atoms with van der Waals surface area (Å²) in [5.74, 6) is -1.56. The number of aromatic nitrogens is 20. The van der Waals surface area contributed by atoms with Crippen LogP contribution in [0.2, 0.25) is 5.02 Å². The second-order valence-corrected chi connectivity index (χ2v) is 24.9. The molecule has 0 fully saturated rings. The maximum absolute atomic E-state index is 12.6. The number of pyridine rings is 5. The van der Waals surface area contributed by atoms with Gasteiger partial charge in [-0.25, -0.2) is 47.5 Å². The SMILES string of the molecule is Cc1ccc(-c2cc3nc(-c4ccccn4)cc([O-])n3n2)cc1.Cc1cccc(-c2cc3nc(-c4ccccn4)cc([O-])n3n2)c1.Cc1nn2c([O-])c3ccccc3nc2c1-c1ccccn1.[Al+3].[Al+3].[Al+3].[Al+3].[Al+3].[O-]c1cc(-c2ccccn2)nc2c(Cl)c(-c3ccccc3)nn12.[O-]c1cc(-c2ccccn2)nc2cc(C(F)(F)F)nn12. The third-order valence-electron chi connectivity index (χ3n) is 16.9. The van der Waals surface area contributed by atoms with Crippen LogP contribution in [0, 0.1) is 20.8 Å². The molecule has 0 amide bonds. The number of rotatable bonds is 8. The molecule has 34 heteroatoms. The maximum Gasteiger partial charge on any atom is 3.00 e. The molecule has 0 unspecified atom stereocenters. The third-order valence-corrected chi connectivity index (χ3v) is 17.3. The van der Waals surface area contributed by atoms with Gasteiger partial charge in [-0.05, 0) is 141 Å². The van der Waals surface area contributed by atoms with Gasteiger partial charge < -0.3 is 25.5 Å². The minimum absolute atomic E-state index is 0. The van der Waals surface area contributed by atoms with Gasteiger partial charge >= 0.3 is 93.0 Å². The number of hydrogen-bond donors (Lipinski definition) is 0. The number of nitrogens with zero attached hydrogens (tertiary/aromatic N) is 20. The molecule has 0 bridgehead atoms. The molecule has 19 rings (SSSR count). The first-order valence-corrected chi connectivity index (χ1v) is 34.0. The van der Waals surface area contributed by atoms with Crippen LogP contribution in [-0.2, 0) is 6.18 Å². The number of fused-ring (bicyclic) bond motifs is 6. The normalized spacial score (nSPS) is 10.7. The Kier molecular flexibility index (Phi) is 27.5. The molecule has 0 atom stereocenters. The van der Waals surface area contributed by atoms with Crippen LogP contribution in [-0.4, -0.2) is 185 Å². The van der Waals surface area contributed by atoms with Crippen molar-refractivity contribution in [1.82, 2.24) is 97.9 Å². The first-order chi connectivity index (χ1) is 53.3. The topological polar surface area (TPSA) is 331 Å². The first-order valence-electron chi connectivity index (χ1n) is 33.6. The molecule has 25 nitrogen and oxygen atoms in total. The Morgan fingerprint density at radius 3 is 1.23 bits per heavy atom. The van der Waals surface area contributed by atoms with Crippen molar-refractivity contribution in [2.45, 2.75) is 26.9 Å². The van der Waals surface area contributed by atoms with Crippen LogP contribution in [0.5, 0.6) is 29.4 Å². The molecule has 19 aromatic rings. The zero-order valence-corrected chi connectivity index (χ0v) is 67.3. The van der Waals surface area contributed by atoms with E-state index in [1.54, 1.807) is 61.2 Å². The van der Waals surface area contributed by atoms with Crippen molar-refractivity contribution < 1.29 is 38.7 Å². The molecule has 0 saturated heterocycles. The molecule has 0 N–H and O–H groups in total. The fraction of sp³-hybridized carbons (Fsp3) is 0.0494.